The normalized spacial score (nSPS) is 26.1. The van der Waals surface area contributed by atoms with E-state index in [0.29, 0.717) is 6.10 Å². The van der Waals surface area contributed by atoms with Crippen molar-refractivity contribution in [2.75, 3.05) is 6.54 Å². The van der Waals surface area contributed by atoms with Crippen LogP contribution in [0.5, 0.6) is 0 Å². The molecule has 17 heavy (non-hydrogen) atoms. The molecular weight excluding hydrogens is 234 g/mol. The van der Waals surface area contributed by atoms with Gasteiger partial charge in [0.15, 0.2) is 0 Å². The standard InChI is InChI=1S/C14H20ClNO/c1-3-16-14(13-9-8-10(2)17-13)11-6-4-5-7-12(11)15/h4-7,10,13-14,16H,3,8-9H2,1-2H3. The largest absolute Gasteiger partial charge is 0.373 e. The van der Waals surface area contributed by atoms with Crippen molar-refractivity contribution in [1.29, 1.82) is 0 Å². The maximum atomic E-state index is 6.27. The van der Waals surface area contributed by atoms with E-state index in [9.17, 15) is 0 Å². The minimum Gasteiger partial charge on any atom is -0.373 e. The average molecular weight is 254 g/mol. The highest BCUT2D eigenvalue weighted by Gasteiger charge is 2.31. The first kappa shape index (κ1) is 12.9. The van der Waals surface area contributed by atoms with Crippen LogP contribution in [-0.4, -0.2) is 18.8 Å². The smallest absolute Gasteiger partial charge is 0.0774 e. The van der Waals surface area contributed by atoms with Crippen LogP contribution in [0.3, 0.4) is 0 Å². The van der Waals surface area contributed by atoms with Gasteiger partial charge in [0.1, 0.15) is 0 Å². The van der Waals surface area contributed by atoms with E-state index in [-0.39, 0.29) is 12.1 Å². The highest BCUT2D eigenvalue weighted by molar-refractivity contribution is 6.31. The topological polar surface area (TPSA) is 21.3 Å². The highest BCUT2D eigenvalue weighted by atomic mass is 35.5. The molecule has 3 atom stereocenters. The maximum Gasteiger partial charge on any atom is 0.0774 e. The molecule has 94 valence electrons. The van der Waals surface area contributed by atoms with Crippen molar-refractivity contribution < 1.29 is 4.74 Å². The molecule has 1 aromatic rings. The lowest BCUT2D eigenvalue weighted by Gasteiger charge is -2.25. The summed E-state index contributed by atoms with van der Waals surface area (Å²) in [5, 5.41) is 4.31. The van der Waals surface area contributed by atoms with Crippen LogP contribution in [0, 0.1) is 0 Å². The lowest BCUT2D eigenvalue weighted by molar-refractivity contribution is 0.0320. The maximum absolute atomic E-state index is 6.27. The molecule has 2 rings (SSSR count). The van der Waals surface area contributed by atoms with Crippen LogP contribution in [0.25, 0.3) is 0 Å². The molecule has 1 saturated heterocycles. The van der Waals surface area contributed by atoms with Gasteiger partial charge in [-0.05, 0) is 37.9 Å². The Labute approximate surface area is 108 Å². The lowest BCUT2D eigenvalue weighted by atomic mass is 9.99. The molecule has 3 heteroatoms. The first-order chi connectivity index (χ1) is 8.22. The molecule has 0 saturated carbocycles. The van der Waals surface area contributed by atoms with E-state index >= 15 is 0 Å². The Morgan fingerprint density at radius 1 is 1.41 bits per heavy atom. The molecule has 1 aliphatic heterocycles. The van der Waals surface area contributed by atoms with Crippen LogP contribution < -0.4 is 5.32 Å². The molecule has 3 unspecified atom stereocenters. The summed E-state index contributed by atoms with van der Waals surface area (Å²) in [6.45, 7) is 5.17. The molecule has 1 aliphatic rings. The first-order valence-corrected chi connectivity index (χ1v) is 6.73. The Bertz CT molecular complexity index is 369. The Morgan fingerprint density at radius 3 is 2.76 bits per heavy atom. The zero-order valence-electron chi connectivity index (χ0n) is 10.4. The van der Waals surface area contributed by atoms with Gasteiger partial charge >= 0.3 is 0 Å². The third-order valence-corrected chi connectivity index (χ3v) is 3.65. The number of hydrogen-bond acceptors (Lipinski definition) is 2. The van der Waals surface area contributed by atoms with Gasteiger partial charge in [0.05, 0.1) is 18.2 Å². The van der Waals surface area contributed by atoms with Crippen LogP contribution in [-0.2, 0) is 4.74 Å². The molecule has 2 nitrogen and oxygen atoms in total. The summed E-state index contributed by atoms with van der Waals surface area (Å²) in [5.41, 5.74) is 1.15. The predicted octanol–water partition coefficient (Wildman–Crippen LogP) is 3.56. The average Bonchev–Trinajstić information content (AvgIpc) is 2.74. The molecule has 0 bridgehead atoms. The van der Waals surface area contributed by atoms with E-state index in [1.54, 1.807) is 0 Å². The summed E-state index contributed by atoms with van der Waals surface area (Å²) < 4.78 is 5.96. The van der Waals surface area contributed by atoms with E-state index in [2.05, 4.69) is 25.2 Å². The van der Waals surface area contributed by atoms with Gasteiger partial charge in [-0.1, -0.05) is 36.7 Å². The summed E-state index contributed by atoms with van der Waals surface area (Å²) in [6, 6.07) is 8.23. The molecule has 0 aromatic heterocycles. The number of benzene rings is 1. The van der Waals surface area contributed by atoms with Crippen LogP contribution in [0.1, 0.15) is 38.3 Å². The highest BCUT2D eigenvalue weighted by Crippen LogP contribution is 2.33. The van der Waals surface area contributed by atoms with Crippen molar-refractivity contribution in [2.45, 2.75) is 44.9 Å². The quantitative estimate of drug-likeness (QED) is 0.886. The van der Waals surface area contributed by atoms with Crippen LogP contribution in [0.15, 0.2) is 24.3 Å². The van der Waals surface area contributed by atoms with Crippen molar-refractivity contribution in [1.82, 2.24) is 5.32 Å². The molecule has 1 heterocycles. The molecule has 0 radical (unpaired) electrons. The second-order valence-electron chi connectivity index (χ2n) is 4.62. The summed E-state index contributed by atoms with van der Waals surface area (Å²) >= 11 is 6.27. The number of hydrogen-bond donors (Lipinski definition) is 1. The van der Waals surface area contributed by atoms with Gasteiger partial charge < -0.3 is 10.1 Å². The van der Waals surface area contributed by atoms with Crippen molar-refractivity contribution in [3.8, 4) is 0 Å². The summed E-state index contributed by atoms with van der Waals surface area (Å²) in [5.74, 6) is 0. The summed E-state index contributed by atoms with van der Waals surface area (Å²) in [4.78, 5) is 0. The fraction of sp³-hybridized carbons (Fsp3) is 0.571. The first-order valence-electron chi connectivity index (χ1n) is 6.35. The van der Waals surface area contributed by atoms with Crippen molar-refractivity contribution in [3.63, 3.8) is 0 Å². The lowest BCUT2D eigenvalue weighted by Crippen LogP contribution is -2.32. The van der Waals surface area contributed by atoms with Gasteiger partial charge in [0.25, 0.3) is 0 Å². The summed E-state index contributed by atoms with van der Waals surface area (Å²) in [7, 11) is 0. The van der Waals surface area contributed by atoms with Gasteiger partial charge in [-0.3, -0.25) is 0 Å². The van der Waals surface area contributed by atoms with E-state index < -0.39 is 0 Å². The SMILES string of the molecule is CCNC(c1ccccc1Cl)C1CCC(C)O1. The Balaban J connectivity index is 2.20. The van der Waals surface area contributed by atoms with Crippen LogP contribution in [0.2, 0.25) is 5.02 Å². The van der Waals surface area contributed by atoms with Gasteiger partial charge in [0.2, 0.25) is 0 Å². The second kappa shape index (κ2) is 5.85. The van der Waals surface area contributed by atoms with E-state index in [0.717, 1.165) is 30.0 Å². The Hall–Kier alpha value is -0.570. The molecule has 1 aromatic carbocycles. The molecule has 0 aliphatic carbocycles. The van der Waals surface area contributed by atoms with E-state index in [1.807, 2.05) is 18.2 Å². The van der Waals surface area contributed by atoms with E-state index in [4.69, 9.17) is 16.3 Å². The third kappa shape index (κ3) is 3.01. The fourth-order valence-corrected chi connectivity index (χ4v) is 2.72. The van der Waals surface area contributed by atoms with Crippen LogP contribution in [0.4, 0.5) is 0 Å². The van der Waals surface area contributed by atoms with Gasteiger partial charge in [-0.2, -0.15) is 0 Å². The fourth-order valence-electron chi connectivity index (χ4n) is 2.47. The Kier molecular flexibility index (Phi) is 4.43. The number of likely N-dealkylation sites (N-methyl/N-ethyl adjacent to an activating group) is 1. The van der Waals surface area contributed by atoms with Gasteiger partial charge in [-0.25, -0.2) is 0 Å². The van der Waals surface area contributed by atoms with Crippen LogP contribution >= 0.6 is 11.6 Å². The molecular formula is C14H20ClNO. The molecule has 1 N–H and O–H groups in total. The number of ether oxygens (including phenoxy) is 1. The minimum absolute atomic E-state index is 0.207. The predicted molar refractivity (Wildman–Crippen MR) is 71.4 cm³/mol. The third-order valence-electron chi connectivity index (χ3n) is 3.30. The number of nitrogens with one attached hydrogen (secondary N) is 1. The zero-order valence-corrected chi connectivity index (χ0v) is 11.2. The monoisotopic (exact) mass is 253 g/mol. The van der Waals surface area contributed by atoms with Gasteiger partial charge in [0, 0.05) is 5.02 Å². The minimum atomic E-state index is 0.207. The Morgan fingerprint density at radius 2 is 2.18 bits per heavy atom. The number of rotatable bonds is 4. The van der Waals surface area contributed by atoms with Crippen molar-refractivity contribution in [3.05, 3.63) is 34.9 Å². The van der Waals surface area contributed by atoms with Gasteiger partial charge in [-0.15, -0.1) is 0 Å². The van der Waals surface area contributed by atoms with E-state index in [1.165, 1.54) is 0 Å². The molecule has 1 fully saturated rings. The zero-order chi connectivity index (χ0) is 12.3. The summed E-state index contributed by atoms with van der Waals surface area (Å²) in [6.07, 6.45) is 2.84. The molecule has 0 amide bonds. The number of halogens is 1. The molecule has 0 spiro atoms. The van der Waals surface area contributed by atoms with Crippen molar-refractivity contribution in [2.24, 2.45) is 0 Å². The van der Waals surface area contributed by atoms with Crippen molar-refractivity contribution >= 4 is 11.6 Å². The second-order valence-corrected chi connectivity index (χ2v) is 5.03.